The van der Waals surface area contributed by atoms with Crippen molar-refractivity contribution in [3.8, 4) is 5.75 Å². The molecule has 2 aromatic carbocycles. The minimum atomic E-state index is -1.12. The van der Waals surface area contributed by atoms with Gasteiger partial charge < -0.3 is 9.47 Å². The van der Waals surface area contributed by atoms with E-state index in [1.165, 1.54) is 37.1 Å². The number of carbonyl (C=O) groups excluding carboxylic acids is 1. The van der Waals surface area contributed by atoms with Crippen LogP contribution in [0.1, 0.15) is 44.5 Å². The molecule has 0 aliphatic carbocycles. The Hall–Kier alpha value is -3.31. The van der Waals surface area contributed by atoms with E-state index in [9.17, 15) is 19.7 Å². The van der Waals surface area contributed by atoms with Crippen LogP contribution < -0.4 is 10.3 Å². The zero-order chi connectivity index (χ0) is 25.9. The molecule has 0 amide bonds. The van der Waals surface area contributed by atoms with E-state index in [0.29, 0.717) is 23.1 Å². The van der Waals surface area contributed by atoms with Crippen molar-refractivity contribution >= 4 is 56.3 Å². The third kappa shape index (κ3) is 5.68. The highest BCUT2D eigenvalue weighted by atomic mass is 79.9. The average Bonchev–Trinajstić information content (AvgIpc) is 2.83. The molecule has 35 heavy (non-hydrogen) atoms. The summed E-state index contributed by atoms with van der Waals surface area (Å²) in [7, 11) is 1.17. The molecule has 0 bridgehead atoms. The average molecular weight is 566 g/mol. The largest absolute Gasteiger partial charge is 0.471 e. The van der Waals surface area contributed by atoms with Crippen LogP contribution in [0.4, 0.5) is 5.69 Å². The highest BCUT2D eigenvalue weighted by Gasteiger charge is 2.25. The van der Waals surface area contributed by atoms with Crippen molar-refractivity contribution < 1.29 is 19.2 Å². The Morgan fingerprint density at radius 1 is 1.34 bits per heavy atom. The molecule has 2 atom stereocenters. The number of hydrogen-bond donors (Lipinski definition) is 0. The first kappa shape index (κ1) is 26.3. The van der Waals surface area contributed by atoms with Crippen LogP contribution in [0.15, 0.2) is 44.7 Å². The van der Waals surface area contributed by atoms with Crippen LogP contribution in [-0.2, 0) is 9.53 Å². The van der Waals surface area contributed by atoms with Gasteiger partial charge in [-0.3, -0.25) is 14.9 Å². The molecular weight excluding hydrogens is 544 g/mol. The van der Waals surface area contributed by atoms with Gasteiger partial charge in [-0.2, -0.15) is 9.78 Å². The smallest absolute Gasteiger partial charge is 0.346 e. The van der Waals surface area contributed by atoms with Crippen molar-refractivity contribution in [2.45, 2.75) is 39.2 Å². The molecule has 184 valence electrons. The number of ether oxygens (including phenoxy) is 2. The molecule has 3 rings (SSSR count). The minimum absolute atomic E-state index is 0.0820. The quantitative estimate of drug-likeness (QED) is 0.162. The number of methoxy groups -OCH3 is 1. The van der Waals surface area contributed by atoms with Gasteiger partial charge in [0.15, 0.2) is 6.10 Å². The minimum Gasteiger partial charge on any atom is -0.471 e. The van der Waals surface area contributed by atoms with Crippen molar-refractivity contribution in [1.82, 2.24) is 9.66 Å². The lowest BCUT2D eigenvalue weighted by atomic mass is 10.1. The summed E-state index contributed by atoms with van der Waals surface area (Å²) in [4.78, 5) is 40.5. The van der Waals surface area contributed by atoms with Gasteiger partial charge in [0.2, 0.25) is 5.75 Å². The Morgan fingerprint density at radius 2 is 2.06 bits per heavy atom. The lowest BCUT2D eigenvalue weighted by Crippen LogP contribution is -2.25. The van der Waals surface area contributed by atoms with Gasteiger partial charge in [-0.05, 0) is 37.6 Å². The van der Waals surface area contributed by atoms with Crippen molar-refractivity contribution in [2.75, 3.05) is 7.11 Å². The zero-order valence-electron chi connectivity index (χ0n) is 19.3. The molecule has 0 aliphatic rings. The zero-order valence-corrected chi connectivity index (χ0v) is 21.7. The van der Waals surface area contributed by atoms with Crippen LogP contribution in [0.25, 0.3) is 10.9 Å². The highest BCUT2D eigenvalue weighted by Crippen LogP contribution is 2.36. The molecule has 1 aromatic heterocycles. The fourth-order valence-corrected chi connectivity index (χ4v) is 3.85. The van der Waals surface area contributed by atoms with E-state index in [1.54, 1.807) is 18.2 Å². The lowest BCUT2D eigenvalue weighted by molar-refractivity contribution is -0.386. The summed E-state index contributed by atoms with van der Waals surface area (Å²) >= 11 is 9.61. The Balaban J connectivity index is 2.11. The van der Waals surface area contributed by atoms with E-state index in [1.807, 2.05) is 13.8 Å². The van der Waals surface area contributed by atoms with Crippen LogP contribution in [0, 0.1) is 10.1 Å². The van der Waals surface area contributed by atoms with E-state index in [-0.39, 0.29) is 27.8 Å². The number of hydrogen-bond acceptors (Lipinski definition) is 8. The number of halogens is 2. The van der Waals surface area contributed by atoms with Crippen LogP contribution in [-0.4, -0.2) is 40.0 Å². The topological polar surface area (TPSA) is 126 Å². The van der Waals surface area contributed by atoms with Gasteiger partial charge in [0.05, 0.1) is 34.2 Å². The maximum Gasteiger partial charge on any atom is 0.346 e. The molecule has 12 heteroatoms. The van der Waals surface area contributed by atoms with Crippen LogP contribution in [0.5, 0.6) is 5.75 Å². The second-order valence-corrected chi connectivity index (χ2v) is 9.02. The summed E-state index contributed by atoms with van der Waals surface area (Å²) < 4.78 is 11.9. The molecule has 0 fully saturated rings. The summed E-state index contributed by atoms with van der Waals surface area (Å²) in [6, 6.07) is 7.78. The van der Waals surface area contributed by atoms with Crippen LogP contribution in [0.3, 0.4) is 0 Å². The van der Waals surface area contributed by atoms with Crippen LogP contribution in [0.2, 0.25) is 5.02 Å². The van der Waals surface area contributed by atoms with Gasteiger partial charge in [0.1, 0.15) is 5.82 Å². The third-order valence-electron chi connectivity index (χ3n) is 5.28. The van der Waals surface area contributed by atoms with E-state index in [4.69, 9.17) is 16.3 Å². The molecule has 0 unspecified atom stereocenters. The van der Waals surface area contributed by atoms with Crippen LogP contribution >= 0.6 is 27.5 Å². The van der Waals surface area contributed by atoms with Crippen molar-refractivity contribution in [3.63, 3.8) is 0 Å². The highest BCUT2D eigenvalue weighted by molar-refractivity contribution is 9.10. The van der Waals surface area contributed by atoms with E-state index >= 15 is 0 Å². The van der Waals surface area contributed by atoms with Gasteiger partial charge in [-0.15, -0.1) is 0 Å². The number of rotatable bonds is 8. The first-order valence-electron chi connectivity index (χ1n) is 10.6. The molecule has 0 saturated carbocycles. The number of benzene rings is 2. The Morgan fingerprint density at radius 3 is 2.69 bits per heavy atom. The Labute approximate surface area is 213 Å². The second-order valence-electron chi connectivity index (χ2n) is 7.69. The predicted octanol–water partition coefficient (Wildman–Crippen LogP) is 5.06. The number of nitrogens with zero attached hydrogens (tertiary/aromatic N) is 4. The summed E-state index contributed by atoms with van der Waals surface area (Å²) in [6.07, 6.45) is 0.882. The van der Waals surface area contributed by atoms with Crippen molar-refractivity contribution in [2.24, 2.45) is 5.10 Å². The van der Waals surface area contributed by atoms with Crippen molar-refractivity contribution in [1.29, 1.82) is 0 Å². The number of nitro benzene ring substituents is 1. The third-order valence-corrected chi connectivity index (χ3v) is 6.05. The maximum atomic E-state index is 13.2. The molecule has 0 N–H and O–H groups in total. The summed E-state index contributed by atoms with van der Waals surface area (Å²) in [5, 5.41) is 16.2. The van der Waals surface area contributed by atoms with Gasteiger partial charge in [-0.25, -0.2) is 9.78 Å². The van der Waals surface area contributed by atoms with Crippen molar-refractivity contribution in [3.05, 3.63) is 71.7 Å². The lowest BCUT2D eigenvalue weighted by Gasteiger charge is -2.15. The first-order valence-corrected chi connectivity index (χ1v) is 11.7. The van der Waals surface area contributed by atoms with E-state index < -0.39 is 22.7 Å². The normalized spacial score (nSPS) is 13.1. The number of carbonyl (C=O) groups is 1. The molecule has 0 spiro atoms. The summed E-state index contributed by atoms with van der Waals surface area (Å²) in [5.41, 5.74) is -0.0592. The number of nitro groups is 1. The molecular formula is C23H22BrClN4O6. The first-order chi connectivity index (χ1) is 16.6. The Bertz CT molecular complexity index is 1390. The second kappa shape index (κ2) is 11.0. The van der Waals surface area contributed by atoms with Gasteiger partial charge >= 0.3 is 11.7 Å². The number of esters is 1. The maximum absolute atomic E-state index is 13.2. The van der Waals surface area contributed by atoms with Gasteiger partial charge in [-0.1, -0.05) is 41.4 Å². The van der Waals surface area contributed by atoms with Gasteiger partial charge in [0.25, 0.3) is 5.56 Å². The fourth-order valence-electron chi connectivity index (χ4n) is 3.22. The molecule has 0 aliphatic heterocycles. The summed E-state index contributed by atoms with van der Waals surface area (Å²) in [6.45, 7) is 5.28. The molecule has 0 radical (unpaired) electrons. The van der Waals surface area contributed by atoms with Gasteiger partial charge in [0, 0.05) is 22.0 Å². The molecule has 1 heterocycles. The predicted molar refractivity (Wildman–Crippen MR) is 136 cm³/mol. The Kier molecular flexibility index (Phi) is 8.23. The fraction of sp³-hybridized carbons (Fsp3) is 0.304. The molecule has 10 nitrogen and oxygen atoms in total. The molecule has 3 aromatic rings. The van der Waals surface area contributed by atoms with E-state index in [2.05, 4.69) is 30.8 Å². The number of fused-ring (bicyclic) bond motifs is 1. The standard InChI is InChI=1S/C23H22BrClN4O6/c1-5-12(2)21-27-18-7-6-15(24)10-16(18)22(30)28(21)26-11-14-8-17(25)20(19(9-14)29(32)33)35-13(3)23(31)34-4/h6-13H,5H2,1-4H3/t12-,13+/m0/s1. The molecule has 0 saturated heterocycles. The summed E-state index contributed by atoms with van der Waals surface area (Å²) in [5.74, 6) is -0.618. The SMILES string of the molecule is CC[C@H](C)c1nc2ccc(Br)cc2c(=O)n1N=Cc1cc(Cl)c(O[C@H](C)C(=O)OC)c([N+](=O)[O-])c1. The monoisotopic (exact) mass is 564 g/mol. The number of aromatic nitrogens is 2. The van der Waals surface area contributed by atoms with E-state index in [0.717, 1.165) is 4.47 Å².